The first-order valence-corrected chi connectivity index (χ1v) is 10.5. The molecule has 5 heterocycles. The molecule has 1 aliphatic rings. The molecule has 1 saturated heterocycles. The van der Waals surface area contributed by atoms with Crippen LogP contribution in [-0.4, -0.2) is 56.4 Å². The maximum Gasteiger partial charge on any atom is 0.433 e. The number of ether oxygens (including phenoxy) is 1. The van der Waals surface area contributed by atoms with Crippen LogP contribution in [0.4, 0.5) is 29.2 Å². The van der Waals surface area contributed by atoms with Crippen molar-refractivity contribution in [3.63, 3.8) is 0 Å². The van der Waals surface area contributed by atoms with Crippen molar-refractivity contribution in [3.8, 4) is 0 Å². The van der Waals surface area contributed by atoms with Gasteiger partial charge < -0.3 is 15.0 Å². The van der Waals surface area contributed by atoms with E-state index in [0.717, 1.165) is 27.4 Å². The Morgan fingerprint density at radius 2 is 1.91 bits per heavy atom. The van der Waals surface area contributed by atoms with E-state index in [9.17, 15) is 27.2 Å². The second kappa shape index (κ2) is 8.61. The fourth-order valence-corrected chi connectivity index (χ4v) is 3.77. The summed E-state index contributed by atoms with van der Waals surface area (Å²) >= 11 is 0. The van der Waals surface area contributed by atoms with Crippen molar-refractivity contribution < 1.29 is 27.1 Å². The lowest BCUT2D eigenvalue weighted by atomic mass is 10.2. The number of alkyl halides is 3. The van der Waals surface area contributed by atoms with Crippen molar-refractivity contribution in [2.75, 3.05) is 36.5 Å². The summed E-state index contributed by atoms with van der Waals surface area (Å²) in [7, 11) is 0. The number of fused-ring (bicyclic) bond motifs is 3. The Morgan fingerprint density at radius 3 is 2.60 bits per heavy atom. The fourth-order valence-electron chi connectivity index (χ4n) is 3.77. The highest BCUT2D eigenvalue weighted by molar-refractivity contribution is 5.90. The topological polar surface area (TPSA) is 107 Å². The summed E-state index contributed by atoms with van der Waals surface area (Å²) in [5.74, 6) is -0.772. The number of nitrogens with one attached hydrogen (secondary N) is 1. The van der Waals surface area contributed by atoms with Gasteiger partial charge in [0.2, 0.25) is 5.91 Å². The minimum Gasteiger partial charge on any atom is -0.378 e. The van der Waals surface area contributed by atoms with Crippen molar-refractivity contribution in [2.24, 2.45) is 0 Å². The highest BCUT2D eigenvalue weighted by Gasteiger charge is 2.33. The zero-order chi connectivity index (χ0) is 24.7. The molecule has 5 rings (SSSR count). The first-order chi connectivity index (χ1) is 16.7. The molecule has 1 N–H and O–H groups in total. The summed E-state index contributed by atoms with van der Waals surface area (Å²) in [6.07, 6.45) is -3.80. The second-order valence-electron chi connectivity index (χ2n) is 7.74. The summed E-state index contributed by atoms with van der Waals surface area (Å²) in [4.78, 5) is 35.2. The lowest BCUT2D eigenvalue weighted by Crippen LogP contribution is -2.36. The molecule has 4 aromatic rings. The second-order valence-corrected chi connectivity index (χ2v) is 7.74. The number of carbonyl (C=O) groups excluding carboxylic acids is 1. The Bertz CT molecular complexity index is 1480. The smallest absolute Gasteiger partial charge is 0.378 e. The monoisotopic (exact) mass is 491 g/mol. The lowest BCUT2D eigenvalue weighted by molar-refractivity contribution is -0.141. The molecule has 10 nitrogen and oxygen atoms in total. The molecule has 0 atom stereocenters. The number of carbonyl (C=O) groups is 1. The van der Waals surface area contributed by atoms with Crippen LogP contribution in [0.5, 0.6) is 0 Å². The van der Waals surface area contributed by atoms with Gasteiger partial charge in [0.1, 0.15) is 29.5 Å². The number of aromatic nitrogens is 5. The number of pyridine rings is 2. The molecule has 0 radical (unpaired) electrons. The van der Waals surface area contributed by atoms with Gasteiger partial charge in [0.15, 0.2) is 11.5 Å². The lowest BCUT2D eigenvalue weighted by Gasteiger charge is -2.26. The molecule has 0 spiro atoms. The number of amides is 1. The number of halogens is 4. The molecule has 1 aliphatic heterocycles. The summed E-state index contributed by atoms with van der Waals surface area (Å²) in [5, 5.41) is 6.72. The van der Waals surface area contributed by atoms with Gasteiger partial charge in [-0.25, -0.2) is 14.4 Å². The van der Waals surface area contributed by atoms with Gasteiger partial charge in [-0.3, -0.25) is 14.2 Å². The number of anilines is 2. The Hall–Kier alpha value is -4.07. The summed E-state index contributed by atoms with van der Waals surface area (Å²) in [6, 6.07) is 5.59. The van der Waals surface area contributed by atoms with E-state index in [-0.39, 0.29) is 22.5 Å². The summed E-state index contributed by atoms with van der Waals surface area (Å²) in [5.41, 5.74) is -2.09. The van der Waals surface area contributed by atoms with E-state index in [4.69, 9.17) is 4.74 Å². The van der Waals surface area contributed by atoms with Crippen molar-refractivity contribution in [1.29, 1.82) is 0 Å². The van der Waals surface area contributed by atoms with E-state index in [2.05, 4.69) is 20.4 Å². The molecule has 0 aliphatic carbocycles. The van der Waals surface area contributed by atoms with Gasteiger partial charge in [0.25, 0.3) is 5.56 Å². The molecule has 1 amide bonds. The predicted octanol–water partition coefficient (Wildman–Crippen LogP) is 2.07. The first-order valence-electron chi connectivity index (χ1n) is 10.5. The van der Waals surface area contributed by atoms with Crippen molar-refractivity contribution in [3.05, 3.63) is 58.4 Å². The molecule has 0 unspecified atom stereocenters. The zero-order valence-corrected chi connectivity index (χ0v) is 17.9. The Labute approximate surface area is 193 Å². The third-order valence-corrected chi connectivity index (χ3v) is 5.43. The molecular formula is C21H17F4N7O3. The Balaban J connectivity index is 1.63. The van der Waals surface area contributed by atoms with E-state index in [1.165, 1.54) is 12.1 Å². The van der Waals surface area contributed by atoms with E-state index < -0.39 is 35.7 Å². The SMILES string of the molecule is O=C(Cn1c(=O)c2ccc(C(F)(F)F)nc2n2nc(N3CCOCC3)cc12)Nc1ccc(F)cn1. The van der Waals surface area contributed by atoms with Crippen LogP contribution < -0.4 is 15.8 Å². The van der Waals surface area contributed by atoms with Crippen LogP contribution in [-0.2, 0) is 22.3 Å². The third kappa shape index (κ3) is 4.39. The molecule has 14 heteroatoms. The number of nitrogens with zero attached hydrogens (tertiary/aromatic N) is 6. The van der Waals surface area contributed by atoms with Crippen LogP contribution in [0.1, 0.15) is 5.69 Å². The molecule has 0 saturated carbocycles. The van der Waals surface area contributed by atoms with Gasteiger partial charge >= 0.3 is 6.18 Å². The van der Waals surface area contributed by atoms with E-state index in [1.54, 1.807) is 0 Å². The van der Waals surface area contributed by atoms with Crippen LogP contribution in [0.25, 0.3) is 16.7 Å². The van der Waals surface area contributed by atoms with Crippen molar-refractivity contribution in [2.45, 2.75) is 12.7 Å². The van der Waals surface area contributed by atoms with E-state index in [0.29, 0.717) is 38.2 Å². The standard InChI is InChI=1S/C21H17F4N7O3/c22-12-1-4-15(26-10-12)28-17(33)11-31-18-9-16(30-5-7-35-8-6-30)29-32(18)19-13(20(31)34)2-3-14(27-19)21(23,24)25/h1-4,9-10H,5-8,11H2,(H,26,28,33). The summed E-state index contributed by atoms with van der Waals surface area (Å²) < 4.78 is 60.6. The maximum atomic E-state index is 13.3. The van der Waals surface area contributed by atoms with Gasteiger partial charge in [-0.1, -0.05) is 0 Å². The van der Waals surface area contributed by atoms with Gasteiger partial charge in [0, 0.05) is 19.2 Å². The molecule has 182 valence electrons. The van der Waals surface area contributed by atoms with Crippen molar-refractivity contribution >= 4 is 34.2 Å². The zero-order valence-electron chi connectivity index (χ0n) is 17.9. The predicted molar refractivity (Wildman–Crippen MR) is 116 cm³/mol. The number of hydrogen-bond acceptors (Lipinski definition) is 7. The molecule has 1 fully saturated rings. The normalized spacial score (nSPS) is 14.6. The number of morpholine rings is 1. The average molecular weight is 491 g/mol. The van der Waals surface area contributed by atoms with Crippen LogP contribution in [0.3, 0.4) is 0 Å². The number of hydrogen-bond donors (Lipinski definition) is 1. The summed E-state index contributed by atoms with van der Waals surface area (Å²) in [6.45, 7) is 1.36. The fraction of sp³-hybridized carbons (Fsp3) is 0.286. The molecular weight excluding hydrogens is 474 g/mol. The highest BCUT2D eigenvalue weighted by Crippen LogP contribution is 2.29. The quantitative estimate of drug-likeness (QED) is 0.436. The van der Waals surface area contributed by atoms with E-state index >= 15 is 0 Å². The molecule has 0 bridgehead atoms. The van der Waals surface area contributed by atoms with Gasteiger partial charge in [0.05, 0.1) is 24.8 Å². The first kappa shape index (κ1) is 22.7. The maximum absolute atomic E-state index is 13.3. The van der Waals surface area contributed by atoms with E-state index in [1.807, 2.05) is 4.90 Å². The van der Waals surface area contributed by atoms with Crippen LogP contribution in [0.15, 0.2) is 41.3 Å². The Morgan fingerprint density at radius 1 is 1.14 bits per heavy atom. The average Bonchev–Trinajstić information content (AvgIpc) is 3.28. The highest BCUT2D eigenvalue weighted by atomic mass is 19.4. The minimum absolute atomic E-state index is 0.0697. The molecule has 35 heavy (non-hydrogen) atoms. The van der Waals surface area contributed by atoms with Crippen LogP contribution in [0.2, 0.25) is 0 Å². The van der Waals surface area contributed by atoms with Gasteiger partial charge in [-0.05, 0) is 24.3 Å². The minimum atomic E-state index is -4.72. The van der Waals surface area contributed by atoms with Gasteiger partial charge in [-0.2, -0.15) is 17.7 Å². The largest absolute Gasteiger partial charge is 0.433 e. The van der Waals surface area contributed by atoms with Crippen LogP contribution >= 0.6 is 0 Å². The van der Waals surface area contributed by atoms with Crippen LogP contribution in [0, 0.1) is 5.82 Å². The molecule has 4 aromatic heterocycles. The Kier molecular flexibility index (Phi) is 5.59. The van der Waals surface area contributed by atoms with Gasteiger partial charge in [-0.15, -0.1) is 5.10 Å². The van der Waals surface area contributed by atoms with Crippen molar-refractivity contribution in [1.82, 2.24) is 24.1 Å². The number of rotatable bonds is 4. The molecule has 0 aromatic carbocycles. The third-order valence-electron chi connectivity index (χ3n) is 5.43.